The number of rotatable bonds is 9. The number of anilines is 2. The molecule has 11 heteroatoms. The highest BCUT2D eigenvalue weighted by molar-refractivity contribution is 9.09. The maximum Gasteiger partial charge on any atom is 0.250 e. The molecule has 3 amide bonds. The standard InChI is InChI=1S/C29H33BrClN3O6/c1-4-39-19-11-9-18(10-12-19)32-26(36)22-23-28(38)34(21(14-35)15(2)3)25(29(23)13-20(30)24(22)40-29)27(37)33-17-7-5-16(31)6-8-17/h5-12,15,20-25,35H,4,13-14H2,1-3H3,(H,32,36)(H,33,37)/t20?,21-,22-,23-,24-,25?,29?/m0/s1. The van der Waals surface area contributed by atoms with Gasteiger partial charge in [0, 0.05) is 21.2 Å². The van der Waals surface area contributed by atoms with E-state index in [9.17, 15) is 19.5 Å². The Morgan fingerprint density at radius 1 is 1.12 bits per heavy atom. The van der Waals surface area contributed by atoms with E-state index in [-0.39, 0.29) is 29.2 Å². The van der Waals surface area contributed by atoms with Crippen LogP contribution in [0, 0.1) is 17.8 Å². The molecule has 0 aliphatic carbocycles. The summed E-state index contributed by atoms with van der Waals surface area (Å²) in [6.45, 7) is 5.86. The highest BCUT2D eigenvalue weighted by Gasteiger charge is 2.77. The normalized spacial score (nSPS) is 29.4. The van der Waals surface area contributed by atoms with Gasteiger partial charge < -0.3 is 30.1 Å². The maximum atomic E-state index is 14.2. The van der Waals surface area contributed by atoms with Crippen molar-refractivity contribution in [2.45, 2.75) is 55.8 Å². The monoisotopic (exact) mass is 633 g/mol. The average Bonchev–Trinajstić information content (AvgIpc) is 3.50. The van der Waals surface area contributed by atoms with Crippen molar-refractivity contribution in [3.8, 4) is 5.75 Å². The molecule has 0 saturated carbocycles. The first-order chi connectivity index (χ1) is 19.1. The van der Waals surface area contributed by atoms with E-state index in [1.807, 2.05) is 20.8 Å². The summed E-state index contributed by atoms with van der Waals surface area (Å²) < 4.78 is 12.0. The van der Waals surface area contributed by atoms with E-state index in [1.165, 1.54) is 4.90 Å². The van der Waals surface area contributed by atoms with Gasteiger partial charge in [-0.1, -0.05) is 41.4 Å². The molecule has 9 nitrogen and oxygen atoms in total. The summed E-state index contributed by atoms with van der Waals surface area (Å²) >= 11 is 9.69. The fraction of sp³-hybridized carbons (Fsp3) is 0.483. The molecule has 3 saturated heterocycles. The number of aliphatic hydroxyl groups is 1. The molecule has 5 rings (SSSR count). The Hall–Kier alpha value is -2.66. The van der Waals surface area contributed by atoms with Crippen molar-refractivity contribution in [3.63, 3.8) is 0 Å². The van der Waals surface area contributed by atoms with Crippen LogP contribution in [0.5, 0.6) is 5.75 Å². The summed E-state index contributed by atoms with van der Waals surface area (Å²) in [5.41, 5.74) is -0.166. The van der Waals surface area contributed by atoms with Crippen molar-refractivity contribution < 1.29 is 29.0 Å². The van der Waals surface area contributed by atoms with E-state index in [4.69, 9.17) is 21.1 Å². The Kier molecular flexibility index (Phi) is 8.16. The lowest BCUT2D eigenvalue weighted by atomic mass is 9.70. The molecule has 0 aromatic heterocycles. The summed E-state index contributed by atoms with van der Waals surface area (Å²) in [6, 6.07) is 12.0. The van der Waals surface area contributed by atoms with Gasteiger partial charge in [0.15, 0.2) is 0 Å². The quantitative estimate of drug-likeness (QED) is 0.358. The number of hydrogen-bond acceptors (Lipinski definition) is 6. The molecule has 3 fully saturated rings. The van der Waals surface area contributed by atoms with E-state index < -0.39 is 41.5 Å². The van der Waals surface area contributed by atoms with Gasteiger partial charge in [-0.25, -0.2) is 0 Å². The minimum atomic E-state index is -1.24. The van der Waals surface area contributed by atoms with Crippen LogP contribution in [-0.2, 0) is 19.1 Å². The number of hydrogen-bond donors (Lipinski definition) is 3. The molecule has 1 spiro atoms. The van der Waals surface area contributed by atoms with Gasteiger partial charge >= 0.3 is 0 Å². The van der Waals surface area contributed by atoms with Crippen LogP contribution >= 0.6 is 27.5 Å². The van der Waals surface area contributed by atoms with Crippen molar-refractivity contribution in [3.05, 3.63) is 53.6 Å². The number of alkyl halides is 1. The van der Waals surface area contributed by atoms with E-state index >= 15 is 0 Å². The van der Waals surface area contributed by atoms with Crippen LogP contribution in [0.1, 0.15) is 27.2 Å². The second-order valence-corrected chi connectivity index (χ2v) is 12.5. The Labute approximate surface area is 246 Å². The number of nitrogens with one attached hydrogen (secondary N) is 2. The van der Waals surface area contributed by atoms with Gasteiger partial charge in [-0.05, 0) is 67.8 Å². The number of aliphatic hydroxyl groups excluding tert-OH is 1. The van der Waals surface area contributed by atoms with Gasteiger partial charge in [-0.2, -0.15) is 0 Å². The van der Waals surface area contributed by atoms with Crippen molar-refractivity contribution in [2.75, 3.05) is 23.8 Å². The Balaban J connectivity index is 1.49. The van der Waals surface area contributed by atoms with Gasteiger partial charge in [0.1, 0.15) is 17.4 Å². The van der Waals surface area contributed by atoms with Crippen molar-refractivity contribution in [1.82, 2.24) is 4.90 Å². The predicted octanol–water partition coefficient (Wildman–Crippen LogP) is 4.08. The molecule has 3 N–H and O–H groups in total. The molecule has 2 bridgehead atoms. The maximum absolute atomic E-state index is 14.2. The molecular formula is C29H33BrClN3O6. The third-order valence-corrected chi connectivity index (χ3v) is 9.23. The fourth-order valence-electron chi connectivity index (χ4n) is 6.41. The topological polar surface area (TPSA) is 117 Å². The molecular weight excluding hydrogens is 602 g/mol. The number of likely N-dealkylation sites (tertiary alicyclic amines) is 1. The lowest BCUT2D eigenvalue weighted by molar-refractivity contribution is -0.144. The molecule has 2 aromatic rings. The largest absolute Gasteiger partial charge is 0.494 e. The van der Waals surface area contributed by atoms with Crippen LogP contribution < -0.4 is 15.4 Å². The van der Waals surface area contributed by atoms with E-state index in [0.717, 1.165) is 0 Å². The van der Waals surface area contributed by atoms with E-state index in [2.05, 4.69) is 26.6 Å². The van der Waals surface area contributed by atoms with Gasteiger partial charge in [-0.15, -0.1) is 0 Å². The highest BCUT2D eigenvalue weighted by atomic mass is 79.9. The second kappa shape index (κ2) is 11.3. The predicted molar refractivity (Wildman–Crippen MR) is 155 cm³/mol. The summed E-state index contributed by atoms with van der Waals surface area (Å²) in [5, 5.41) is 16.7. The van der Waals surface area contributed by atoms with Crippen LogP contribution in [0.4, 0.5) is 11.4 Å². The lowest BCUT2D eigenvalue weighted by Crippen LogP contribution is -2.57. The SMILES string of the molecule is CCOc1ccc(NC(=O)[C@H]2[C@H]3C(=O)N([C@@H](CO)C(C)C)C(C(=O)Nc4ccc(Cl)cc4)C34CC(Br)[C@@H]2O4)cc1. The smallest absolute Gasteiger partial charge is 0.250 e. The van der Waals surface area contributed by atoms with Crippen molar-refractivity contribution in [1.29, 1.82) is 0 Å². The molecule has 3 aliphatic heterocycles. The van der Waals surface area contributed by atoms with Crippen LogP contribution in [0.15, 0.2) is 48.5 Å². The molecule has 2 aromatic carbocycles. The Morgan fingerprint density at radius 2 is 1.73 bits per heavy atom. The number of halogens is 2. The zero-order chi connectivity index (χ0) is 28.8. The minimum Gasteiger partial charge on any atom is -0.494 e. The molecule has 3 unspecified atom stereocenters. The first-order valence-electron chi connectivity index (χ1n) is 13.5. The van der Waals surface area contributed by atoms with Crippen LogP contribution in [0.25, 0.3) is 0 Å². The molecule has 3 aliphatic rings. The zero-order valence-electron chi connectivity index (χ0n) is 22.5. The van der Waals surface area contributed by atoms with Crippen LogP contribution in [0.2, 0.25) is 5.02 Å². The van der Waals surface area contributed by atoms with Crippen molar-refractivity contribution in [2.24, 2.45) is 17.8 Å². The van der Waals surface area contributed by atoms with E-state index in [1.54, 1.807) is 48.5 Å². The van der Waals surface area contributed by atoms with Gasteiger partial charge in [0.2, 0.25) is 17.7 Å². The molecule has 3 heterocycles. The van der Waals surface area contributed by atoms with Crippen LogP contribution in [-0.4, -0.2) is 69.6 Å². The second-order valence-electron chi connectivity index (χ2n) is 10.8. The number of benzene rings is 2. The molecule has 214 valence electrons. The first kappa shape index (κ1) is 28.9. The number of amides is 3. The summed E-state index contributed by atoms with van der Waals surface area (Å²) in [4.78, 5) is 43.1. The van der Waals surface area contributed by atoms with Gasteiger partial charge in [0.05, 0.1) is 37.2 Å². The number of ether oxygens (including phenoxy) is 2. The highest BCUT2D eigenvalue weighted by Crippen LogP contribution is 2.60. The van der Waals surface area contributed by atoms with Crippen molar-refractivity contribution >= 4 is 56.6 Å². The number of nitrogens with zero attached hydrogens (tertiary/aromatic N) is 1. The Bertz CT molecular complexity index is 1280. The van der Waals surface area contributed by atoms with E-state index in [0.29, 0.717) is 35.2 Å². The Morgan fingerprint density at radius 3 is 2.30 bits per heavy atom. The third-order valence-electron chi connectivity index (χ3n) is 8.14. The number of carbonyl (C=O) groups is 3. The third kappa shape index (κ3) is 4.89. The summed E-state index contributed by atoms with van der Waals surface area (Å²) in [5.74, 6) is -2.35. The fourth-order valence-corrected chi connectivity index (χ4v) is 7.48. The average molecular weight is 635 g/mol. The number of carbonyl (C=O) groups excluding carboxylic acids is 3. The first-order valence-corrected chi connectivity index (χ1v) is 14.8. The minimum absolute atomic E-state index is 0.150. The summed E-state index contributed by atoms with van der Waals surface area (Å²) in [6.07, 6.45) is -0.233. The summed E-state index contributed by atoms with van der Waals surface area (Å²) in [7, 11) is 0. The lowest BCUT2D eigenvalue weighted by Gasteiger charge is -2.38. The van der Waals surface area contributed by atoms with Gasteiger partial charge in [0.25, 0.3) is 0 Å². The zero-order valence-corrected chi connectivity index (χ0v) is 24.8. The molecule has 7 atom stereocenters. The molecule has 40 heavy (non-hydrogen) atoms. The number of fused-ring (bicyclic) bond motifs is 1. The molecule has 0 radical (unpaired) electrons. The van der Waals surface area contributed by atoms with Gasteiger partial charge in [-0.3, -0.25) is 14.4 Å². The van der Waals surface area contributed by atoms with Crippen LogP contribution in [0.3, 0.4) is 0 Å².